The minimum atomic E-state index is 0.264. The van der Waals surface area contributed by atoms with E-state index in [9.17, 15) is 0 Å². The summed E-state index contributed by atoms with van der Waals surface area (Å²) in [6.07, 6.45) is 1.06. The first kappa shape index (κ1) is 20.7. The number of guanidine groups is 1. The molecular formula is C20H35N5O. The molecule has 1 unspecified atom stereocenters. The van der Waals surface area contributed by atoms with Gasteiger partial charge < -0.3 is 15.8 Å². The number of rotatable bonds is 10. The van der Waals surface area contributed by atoms with E-state index in [-0.39, 0.29) is 6.04 Å². The lowest BCUT2D eigenvalue weighted by Gasteiger charge is -2.29. The van der Waals surface area contributed by atoms with Gasteiger partial charge in [-0.15, -0.1) is 0 Å². The van der Waals surface area contributed by atoms with Gasteiger partial charge in [-0.05, 0) is 31.6 Å². The van der Waals surface area contributed by atoms with Crippen molar-refractivity contribution in [1.82, 2.24) is 15.1 Å². The highest BCUT2D eigenvalue weighted by molar-refractivity contribution is 5.77. The van der Waals surface area contributed by atoms with Gasteiger partial charge in [0, 0.05) is 19.6 Å². The van der Waals surface area contributed by atoms with Crippen LogP contribution in [0.1, 0.15) is 31.9 Å². The number of hydrogen-bond donors (Lipinski definition) is 2. The highest BCUT2D eigenvalue weighted by atomic mass is 16.5. The van der Waals surface area contributed by atoms with Crippen LogP contribution in [0.15, 0.2) is 35.3 Å². The van der Waals surface area contributed by atoms with E-state index < -0.39 is 0 Å². The number of nitrogens with zero attached hydrogens (tertiary/aromatic N) is 3. The second-order valence-electron chi connectivity index (χ2n) is 6.61. The fourth-order valence-electron chi connectivity index (χ4n) is 3.36. The van der Waals surface area contributed by atoms with Crippen molar-refractivity contribution in [2.75, 3.05) is 59.0 Å². The molecule has 0 aliphatic carbocycles. The lowest BCUT2D eigenvalue weighted by atomic mass is 10.1. The summed E-state index contributed by atoms with van der Waals surface area (Å²) in [5.41, 5.74) is 7.38. The normalized spacial score (nSPS) is 17.4. The van der Waals surface area contributed by atoms with E-state index in [4.69, 9.17) is 10.5 Å². The van der Waals surface area contributed by atoms with Gasteiger partial charge in [0.15, 0.2) is 5.96 Å². The molecule has 26 heavy (non-hydrogen) atoms. The summed E-state index contributed by atoms with van der Waals surface area (Å²) in [6.45, 7) is 12.8. The van der Waals surface area contributed by atoms with Gasteiger partial charge in [0.1, 0.15) is 0 Å². The molecule has 2 rings (SSSR count). The molecule has 1 aliphatic rings. The SMILES string of the molecule is CCN(CC)C(CN=C(N)NCCCN1CCOCC1)c1ccccc1. The number of nitrogens with two attached hydrogens (primary N) is 1. The highest BCUT2D eigenvalue weighted by Gasteiger charge is 2.17. The fraction of sp³-hybridized carbons (Fsp3) is 0.650. The molecule has 1 atom stereocenters. The molecule has 6 nitrogen and oxygen atoms in total. The first-order valence-electron chi connectivity index (χ1n) is 9.87. The lowest BCUT2D eigenvalue weighted by molar-refractivity contribution is 0.0376. The molecular weight excluding hydrogens is 326 g/mol. The van der Waals surface area contributed by atoms with Gasteiger partial charge in [-0.1, -0.05) is 44.2 Å². The number of likely N-dealkylation sites (N-methyl/N-ethyl adjacent to an activating group) is 1. The van der Waals surface area contributed by atoms with Gasteiger partial charge in [-0.25, -0.2) is 0 Å². The molecule has 1 aliphatic heterocycles. The predicted octanol–water partition coefficient (Wildman–Crippen LogP) is 1.70. The maximum atomic E-state index is 6.09. The maximum Gasteiger partial charge on any atom is 0.188 e. The van der Waals surface area contributed by atoms with E-state index >= 15 is 0 Å². The molecule has 3 N–H and O–H groups in total. The van der Waals surface area contributed by atoms with Gasteiger partial charge in [0.2, 0.25) is 0 Å². The molecule has 6 heteroatoms. The van der Waals surface area contributed by atoms with Crippen molar-refractivity contribution in [2.45, 2.75) is 26.3 Å². The standard InChI is InChI=1S/C20H35N5O/c1-3-25(4-2)19(18-9-6-5-7-10-18)17-23-20(21)22-11-8-12-24-13-15-26-16-14-24/h5-7,9-10,19H,3-4,8,11-17H2,1-2H3,(H3,21,22,23). The Bertz CT molecular complexity index is 512. The van der Waals surface area contributed by atoms with Crippen molar-refractivity contribution in [3.05, 3.63) is 35.9 Å². The number of morpholine rings is 1. The summed E-state index contributed by atoms with van der Waals surface area (Å²) in [4.78, 5) is 9.47. The second-order valence-corrected chi connectivity index (χ2v) is 6.61. The third-order valence-corrected chi connectivity index (χ3v) is 4.93. The van der Waals surface area contributed by atoms with Crippen molar-refractivity contribution in [2.24, 2.45) is 10.7 Å². The van der Waals surface area contributed by atoms with Gasteiger partial charge in [-0.2, -0.15) is 0 Å². The van der Waals surface area contributed by atoms with Crippen molar-refractivity contribution in [1.29, 1.82) is 0 Å². The van der Waals surface area contributed by atoms with E-state index in [1.54, 1.807) is 0 Å². The van der Waals surface area contributed by atoms with Crippen LogP contribution in [0, 0.1) is 0 Å². The molecule has 1 fully saturated rings. The van der Waals surface area contributed by atoms with E-state index in [0.717, 1.165) is 58.9 Å². The molecule has 0 spiro atoms. The molecule has 1 heterocycles. The van der Waals surface area contributed by atoms with Crippen molar-refractivity contribution >= 4 is 5.96 Å². The second kappa shape index (κ2) is 11.9. The zero-order valence-corrected chi connectivity index (χ0v) is 16.4. The van der Waals surface area contributed by atoms with Gasteiger partial charge in [0.05, 0.1) is 25.8 Å². The Kier molecular flexibility index (Phi) is 9.45. The van der Waals surface area contributed by atoms with Gasteiger partial charge >= 0.3 is 0 Å². The van der Waals surface area contributed by atoms with Crippen LogP contribution in [-0.2, 0) is 4.74 Å². The predicted molar refractivity (Wildman–Crippen MR) is 108 cm³/mol. The van der Waals surface area contributed by atoms with Crippen LogP contribution in [0.5, 0.6) is 0 Å². The molecule has 0 radical (unpaired) electrons. The van der Waals surface area contributed by atoms with E-state index in [2.05, 4.69) is 64.3 Å². The molecule has 1 aromatic rings. The Hall–Kier alpha value is -1.63. The molecule has 0 saturated carbocycles. The maximum absolute atomic E-state index is 6.09. The summed E-state index contributed by atoms with van der Waals surface area (Å²) >= 11 is 0. The molecule has 146 valence electrons. The van der Waals surface area contributed by atoms with Crippen LogP contribution < -0.4 is 11.1 Å². The Morgan fingerprint density at radius 2 is 1.92 bits per heavy atom. The number of aliphatic imine (C=N–C) groups is 1. The van der Waals surface area contributed by atoms with Gasteiger partial charge in [-0.3, -0.25) is 14.8 Å². The first-order valence-corrected chi connectivity index (χ1v) is 9.87. The lowest BCUT2D eigenvalue weighted by Crippen LogP contribution is -2.39. The van der Waals surface area contributed by atoms with E-state index in [1.807, 2.05) is 0 Å². The van der Waals surface area contributed by atoms with Crippen molar-refractivity contribution < 1.29 is 4.74 Å². The van der Waals surface area contributed by atoms with Crippen LogP contribution in [-0.4, -0.2) is 74.8 Å². The highest BCUT2D eigenvalue weighted by Crippen LogP contribution is 2.20. The fourth-order valence-corrected chi connectivity index (χ4v) is 3.36. The summed E-state index contributed by atoms with van der Waals surface area (Å²) in [7, 11) is 0. The third-order valence-electron chi connectivity index (χ3n) is 4.93. The Balaban J connectivity index is 1.79. The average Bonchev–Trinajstić information content (AvgIpc) is 2.70. The monoisotopic (exact) mass is 361 g/mol. The van der Waals surface area contributed by atoms with E-state index in [1.165, 1.54) is 5.56 Å². The number of ether oxygens (including phenoxy) is 1. The Morgan fingerprint density at radius 3 is 2.58 bits per heavy atom. The quantitative estimate of drug-likeness (QED) is 0.377. The molecule has 0 aromatic heterocycles. The van der Waals surface area contributed by atoms with E-state index in [0.29, 0.717) is 12.5 Å². The number of nitrogens with one attached hydrogen (secondary N) is 1. The summed E-state index contributed by atoms with van der Waals surface area (Å²) < 4.78 is 5.37. The van der Waals surface area contributed by atoms with Crippen LogP contribution in [0.4, 0.5) is 0 Å². The molecule has 1 aromatic carbocycles. The van der Waals surface area contributed by atoms with Crippen LogP contribution in [0.2, 0.25) is 0 Å². The smallest absolute Gasteiger partial charge is 0.188 e. The minimum Gasteiger partial charge on any atom is -0.379 e. The molecule has 1 saturated heterocycles. The zero-order valence-electron chi connectivity index (χ0n) is 16.4. The van der Waals surface area contributed by atoms with Gasteiger partial charge in [0.25, 0.3) is 0 Å². The Labute approximate surface area is 158 Å². The number of benzene rings is 1. The van der Waals surface area contributed by atoms with Crippen molar-refractivity contribution in [3.63, 3.8) is 0 Å². The van der Waals surface area contributed by atoms with Crippen LogP contribution in [0.25, 0.3) is 0 Å². The third kappa shape index (κ3) is 6.94. The topological polar surface area (TPSA) is 66.1 Å². The minimum absolute atomic E-state index is 0.264. The van der Waals surface area contributed by atoms with Crippen LogP contribution >= 0.6 is 0 Å². The summed E-state index contributed by atoms with van der Waals surface area (Å²) in [6, 6.07) is 10.8. The largest absolute Gasteiger partial charge is 0.379 e. The first-order chi connectivity index (χ1) is 12.7. The van der Waals surface area contributed by atoms with Crippen molar-refractivity contribution in [3.8, 4) is 0 Å². The number of hydrogen-bond acceptors (Lipinski definition) is 4. The van der Waals surface area contributed by atoms with Crippen LogP contribution in [0.3, 0.4) is 0 Å². The molecule has 0 amide bonds. The molecule has 0 bridgehead atoms. The summed E-state index contributed by atoms with van der Waals surface area (Å²) in [5, 5.41) is 3.26. The average molecular weight is 362 g/mol. The zero-order chi connectivity index (χ0) is 18.6. The summed E-state index contributed by atoms with van der Waals surface area (Å²) in [5.74, 6) is 0.542. The Morgan fingerprint density at radius 1 is 1.23 bits per heavy atom.